The molecule has 1 rings (SSSR count). The molecule has 1 fully saturated rings. The highest BCUT2D eigenvalue weighted by Crippen LogP contribution is 2.26. The van der Waals surface area contributed by atoms with Crippen LogP contribution in [-0.4, -0.2) is 23.3 Å². The van der Waals surface area contributed by atoms with Gasteiger partial charge in [-0.2, -0.15) is 0 Å². The highest BCUT2D eigenvalue weighted by atomic mass is 16.2. The van der Waals surface area contributed by atoms with E-state index in [0.717, 1.165) is 12.8 Å². The van der Waals surface area contributed by atoms with Crippen molar-refractivity contribution in [2.24, 2.45) is 11.8 Å². The number of β-lactam (4-membered cyclic amide) rings is 1. The molecule has 1 aliphatic heterocycles. The van der Waals surface area contributed by atoms with Crippen LogP contribution in [0, 0.1) is 11.8 Å². The standard InChI is InChI=1S/C17H31NO2/c1-4-5-6-7-8-9-10-11-12-16(19)18-13-15(14(2)3)17(18)20/h14-15H,4-13H2,1-3H3/t15-/m0/s1. The topological polar surface area (TPSA) is 37.4 Å². The van der Waals surface area contributed by atoms with Gasteiger partial charge in [-0.15, -0.1) is 0 Å². The fourth-order valence-corrected chi connectivity index (χ4v) is 2.72. The van der Waals surface area contributed by atoms with Crippen LogP contribution in [0.1, 0.15) is 78.6 Å². The molecule has 0 unspecified atom stereocenters. The van der Waals surface area contributed by atoms with Crippen molar-refractivity contribution in [1.29, 1.82) is 0 Å². The quantitative estimate of drug-likeness (QED) is 0.445. The fraction of sp³-hybridized carbons (Fsp3) is 0.882. The van der Waals surface area contributed by atoms with Crippen molar-refractivity contribution in [2.45, 2.75) is 78.6 Å². The molecule has 0 N–H and O–H groups in total. The summed E-state index contributed by atoms with van der Waals surface area (Å²) in [6.07, 6.45) is 10.4. The maximum absolute atomic E-state index is 11.9. The minimum atomic E-state index is 0.0397. The molecule has 1 heterocycles. The molecule has 0 aromatic carbocycles. The molecule has 2 amide bonds. The number of hydrogen-bond donors (Lipinski definition) is 0. The zero-order valence-electron chi connectivity index (χ0n) is 13.5. The van der Waals surface area contributed by atoms with Crippen molar-refractivity contribution < 1.29 is 9.59 Å². The molecule has 0 aromatic heterocycles. The van der Waals surface area contributed by atoms with Gasteiger partial charge in [-0.1, -0.05) is 65.7 Å². The van der Waals surface area contributed by atoms with Gasteiger partial charge in [-0.3, -0.25) is 14.5 Å². The Balaban J connectivity index is 2.00. The molecule has 20 heavy (non-hydrogen) atoms. The van der Waals surface area contributed by atoms with Crippen LogP contribution in [0.5, 0.6) is 0 Å². The lowest BCUT2D eigenvalue weighted by Crippen LogP contribution is -2.56. The lowest BCUT2D eigenvalue weighted by molar-refractivity contribution is -0.160. The number of unbranched alkanes of at least 4 members (excludes halogenated alkanes) is 7. The van der Waals surface area contributed by atoms with Gasteiger partial charge in [0, 0.05) is 13.0 Å². The molecular formula is C17H31NO2. The van der Waals surface area contributed by atoms with E-state index in [1.54, 1.807) is 0 Å². The van der Waals surface area contributed by atoms with Crippen molar-refractivity contribution in [2.75, 3.05) is 6.54 Å². The Morgan fingerprint density at radius 2 is 1.65 bits per heavy atom. The monoisotopic (exact) mass is 281 g/mol. The number of rotatable bonds is 10. The molecule has 0 radical (unpaired) electrons. The largest absolute Gasteiger partial charge is 0.282 e. The second kappa shape index (κ2) is 9.15. The number of carbonyl (C=O) groups excluding carboxylic acids is 2. The highest BCUT2D eigenvalue weighted by molar-refractivity contribution is 6.00. The normalized spacial score (nSPS) is 18.5. The van der Waals surface area contributed by atoms with Crippen LogP contribution in [-0.2, 0) is 9.59 Å². The summed E-state index contributed by atoms with van der Waals surface area (Å²) < 4.78 is 0. The predicted octanol–water partition coefficient (Wildman–Crippen LogP) is 4.16. The van der Waals surface area contributed by atoms with Crippen LogP contribution in [0.3, 0.4) is 0 Å². The maximum Gasteiger partial charge on any atom is 0.234 e. The number of nitrogens with zero attached hydrogens (tertiary/aromatic N) is 1. The van der Waals surface area contributed by atoms with E-state index in [1.165, 1.54) is 43.4 Å². The minimum absolute atomic E-state index is 0.0397. The van der Waals surface area contributed by atoms with E-state index in [1.807, 2.05) is 13.8 Å². The molecule has 1 atom stereocenters. The van der Waals surface area contributed by atoms with E-state index in [4.69, 9.17) is 0 Å². The van der Waals surface area contributed by atoms with Gasteiger partial charge in [0.05, 0.1) is 5.92 Å². The fourth-order valence-electron chi connectivity index (χ4n) is 2.72. The van der Waals surface area contributed by atoms with E-state index < -0.39 is 0 Å². The Hall–Kier alpha value is -0.860. The van der Waals surface area contributed by atoms with E-state index in [2.05, 4.69) is 6.92 Å². The lowest BCUT2D eigenvalue weighted by atomic mass is 9.87. The summed E-state index contributed by atoms with van der Waals surface area (Å²) in [5.41, 5.74) is 0. The first-order valence-corrected chi connectivity index (χ1v) is 8.42. The summed E-state index contributed by atoms with van der Waals surface area (Å²) in [5, 5.41) is 0. The zero-order chi connectivity index (χ0) is 15.0. The Kier molecular flexibility index (Phi) is 7.86. The van der Waals surface area contributed by atoms with Crippen molar-refractivity contribution >= 4 is 11.8 Å². The summed E-state index contributed by atoms with van der Waals surface area (Å²) in [4.78, 5) is 25.1. The lowest BCUT2D eigenvalue weighted by Gasteiger charge is -2.39. The average molecular weight is 281 g/mol. The van der Waals surface area contributed by atoms with Crippen LogP contribution >= 0.6 is 0 Å². The summed E-state index contributed by atoms with van der Waals surface area (Å²) in [7, 11) is 0. The molecule has 1 saturated heterocycles. The van der Waals surface area contributed by atoms with E-state index in [0.29, 0.717) is 18.9 Å². The highest BCUT2D eigenvalue weighted by Gasteiger charge is 2.41. The Labute approximate surface area is 124 Å². The van der Waals surface area contributed by atoms with Gasteiger partial charge in [0.15, 0.2) is 0 Å². The first-order chi connectivity index (χ1) is 9.57. The minimum Gasteiger partial charge on any atom is -0.282 e. The molecule has 0 bridgehead atoms. The third kappa shape index (κ3) is 5.26. The molecule has 0 saturated carbocycles. The Morgan fingerprint density at radius 1 is 1.10 bits per heavy atom. The molecule has 116 valence electrons. The number of hydrogen-bond acceptors (Lipinski definition) is 2. The first-order valence-electron chi connectivity index (χ1n) is 8.42. The van der Waals surface area contributed by atoms with Gasteiger partial charge >= 0.3 is 0 Å². The summed E-state index contributed by atoms with van der Waals surface area (Å²) in [5.74, 6) is 0.523. The van der Waals surface area contributed by atoms with Crippen molar-refractivity contribution in [1.82, 2.24) is 4.90 Å². The van der Waals surface area contributed by atoms with Crippen LogP contribution < -0.4 is 0 Å². The molecule has 0 aliphatic carbocycles. The van der Waals surface area contributed by atoms with Gasteiger partial charge < -0.3 is 0 Å². The van der Waals surface area contributed by atoms with Crippen LogP contribution in [0.25, 0.3) is 0 Å². The molecule has 3 heteroatoms. The van der Waals surface area contributed by atoms with Gasteiger partial charge in [0.25, 0.3) is 0 Å². The van der Waals surface area contributed by atoms with Gasteiger partial charge in [0.2, 0.25) is 11.8 Å². The van der Waals surface area contributed by atoms with E-state index in [9.17, 15) is 9.59 Å². The Morgan fingerprint density at radius 3 is 2.15 bits per heavy atom. The smallest absolute Gasteiger partial charge is 0.234 e. The van der Waals surface area contributed by atoms with Crippen molar-refractivity contribution in [3.05, 3.63) is 0 Å². The third-order valence-corrected chi connectivity index (χ3v) is 4.31. The van der Waals surface area contributed by atoms with Crippen LogP contribution in [0.2, 0.25) is 0 Å². The SMILES string of the molecule is CCCCCCCCCCC(=O)N1C[C@@H](C(C)C)C1=O. The van der Waals surface area contributed by atoms with Gasteiger partial charge in [-0.25, -0.2) is 0 Å². The van der Waals surface area contributed by atoms with Crippen molar-refractivity contribution in [3.63, 3.8) is 0 Å². The Bertz CT molecular complexity index is 312. The second-order valence-electron chi connectivity index (χ2n) is 6.42. The van der Waals surface area contributed by atoms with Crippen LogP contribution in [0.15, 0.2) is 0 Å². The average Bonchev–Trinajstić information content (AvgIpc) is 2.39. The van der Waals surface area contributed by atoms with Gasteiger partial charge in [-0.05, 0) is 12.3 Å². The van der Waals surface area contributed by atoms with E-state index in [-0.39, 0.29) is 17.7 Å². The summed E-state index contributed by atoms with van der Waals surface area (Å²) in [6, 6.07) is 0. The molecule has 0 aromatic rings. The van der Waals surface area contributed by atoms with Crippen molar-refractivity contribution in [3.8, 4) is 0 Å². The van der Waals surface area contributed by atoms with Gasteiger partial charge in [0.1, 0.15) is 0 Å². The first kappa shape index (κ1) is 17.2. The molecular weight excluding hydrogens is 250 g/mol. The van der Waals surface area contributed by atoms with Crippen LogP contribution in [0.4, 0.5) is 0 Å². The third-order valence-electron chi connectivity index (χ3n) is 4.31. The number of likely N-dealkylation sites (tertiary alicyclic amines) is 1. The molecule has 3 nitrogen and oxygen atoms in total. The molecule has 1 aliphatic rings. The second-order valence-corrected chi connectivity index (χ2v) is 6.42. The molecule has 0 spiro atoms. The predicted molar refractivity (Wildman–Crippen MR) is 82.3 cm³/mol. The maximum atomic E-state index is 11.9. The number of carbonyl (C=O) groups is 2. The van der Waals surface area contributed by atoms with E-state index >= 15 is 0 Å². The summed E-state index contributed by atoms with van der Waals surface area (Å²) in [6.45, 7) is 6.96. The zero-order valence-corrected chi connectivity index (χ0v) is 13.5. The number of imide groups is 1. The number of amides is 2. The summed E-state index contributed by atoms with van der Waals surface area (Å²) >= 11 is 0.